The number of hydrogen-bond donors (Lipinski definition) is 2. The lowest BCUT2D eigenvalue weighted by Gasteiger charge is -2.32. The molecule has 1 fully saturated rings. The molecule has 0 aliphatic carbocycles. The summed E-state index contributed by atoms with van der Waals surface area (Å²) in [6.45, 7) is 1.64. The van der Waals surface area contributed by atoms with E-state index >= 15 is 0 Å². The zero-order chi connectivity index (χ0) is 14.8. The Morgan fingerprint density at radius 3 is 2.76 bits per heavy atom. The van der Waals surface area contributed by atoms with E-state index in [4.69, 9.17) is 16.7 Å². The number of rotatable bonds is 3. The van der Waals surface area contributed by atoms with Crippen molar-refractivity contribution in [2.24, 2.45) is 0 Å². The van der Waals surface area contributed by atoms with Crippen molar-refractivity contribution in [2.45, 2.75) is 18.8 Å². The molecule has 0 saturated carbocycles. The highest BCUT2D eigenvalue weighted by molar-refractivity contribution is 6.33. The van der Waals surface area contributed by atoms with Crippen LogP contribution in [0.3, 0.4) is 0 Å². The van der Waals surface area contributed by atoms with Crippen LogP contribution >= 0.6 is 11.6 Å². The Bertz CT molecular complexity index is 636. The van der Waals surface area contributed by atoms with Gasteiger partial charge in [-0.2, -0.15) is 0 Å². The normalized spacial score (nSPS) is 16.1. The molecule has 2 aromatic rings. The number of nitrogens with zero attached hydrogens (tertiary/aromatic N) is 3. The summed E-state index contributed by atoms with van der Waals surface area (Å²) in [5.74, 6) is 0.995. The number of pyridine rings is 1. The number of imidazole rings is 1. The lowest BCUT2D eigenvalue weighted by molar-refractivity contribution is 0.0691. The van der Waals surface area contributed by atoms with Crippen molar-refractivity contribution in [3.8, 4) is 0 Å². The van der Waals surface area contributed by atoms with Gasteiger partial charge in [-0.05, 0) is 25.0 Å². The Morgan fingerprint density at radius 2 is 2.14 bits per heavy atom. The summed E-state index contributed by atoms with van der Waals surface area (Å²) in [7, 11) is 0. The molecule has 0 bridgehead atoms. The fourth-order valence-corrected chi connectivity index (χ4v) is 2.83. The van der Waals surface area contributed by atoms with E-state index in [2.05, 4.69) is 19.9 Å². The second kappa shape index (κ2) is 5.73. The largest absolute Gasteiger partial charge is 0.476 e. The predicted molar refractivity (Wildman–Crippen MR) is 79.0 cm³/mol. The molecule has 21 heavy (non-hydrogen) atoms. The molecule has 0 spiro atoms. The van der Waals surface area contributed by atoms with Crippen molar-refractivity contribution < 1.29 is 9.90 Å². The Balaban J connectivity index is 1.72. The van der Waals surface area contributed by atoms with E-state index in [0.29, 0.717) is 11.7 Å². The van der Waals surface area contributed by atoms with Crippen molar-refractivity contribution in [1.82, 2.24) is 15.0 Å². The Kier molecular flexibility index (Phi) is 3.79. The van der Waals surface area contributed by atoms with Crippen LogP contribution < -0.4 is 4.90 Å². The molecule has 0 aromatic carbocycles. The van der Waals surface area contributed by atoms with Gasteiger partial charge in [-0.25, -0.2) is 14.8 Å². The molecule has 1 aliphatic heterocycles. The van der Waals surface area contributed by atoms with E-state index in [1.54, 1.807) is 18.3 Å². The van der Waals surface area contributed by atoms with E-state index in [1.807, 2.05) is 6.20 Å². The number of carbonyl (C=O) groups is 1. The minimum atomic E-state index is -1.10. The van der Waals surface area contributed by atoms with Crippen LogP contribution in [0.4, 0.5) is 5.82 Å². The van der Waals surface area contributed by atoms with Gasteiger partial charge in [0.15, 0.2) is 5.69 Å². The number of carboxylic acid groups (broad SMARTS) is 1. The van der Waals surface area contributed by atoms with E-state index in [9.17, 15) is 4.79 Å². The zero-order valence-corrected chi connectivity index (χ0v) is 12.0. The lowest BCUT2D eigenvalue weighted by Crippen LogP contribution is -2.34. The molecule has 6 nitrogen and oxygen atoms in total. The molecule has 2 aromatic heterocycles. The molecule has 2 N–H and O–H groups in total. The Morgan fingerprint density at radius 1 is 1.38 bits per heavy atom. The molecule has 110 valence electrons. The second-order valence-corrected chi connectivity index (χ2v) is 5.45. The van der Waals surface area contributed by atoms with Crippen molar-refractivity contribution in [1.29, 1.82) is 0 Å². The summed E-state index contributed by atoms with van der Waals surface area (Å²) in [6.07, 6.45) is 5.52. The van der Waals surface area contributed by atoms with Gasteiger partial charge < -0.3 is 15.0 Å². The van der Waals surface area contributed by atoms with Gasteiger partial charge in [0.2, 0.25) is 0 Å². The summed E-state index contributed by atoms with van der Waals surface area (Å²) in [6, 6.07) is 3.36. The number of halogens is 1. The lowest BCUT2D eigenvalue weighted by atomic mass is 9.96. The zero-order valence-electron chi connectivity index (χ0n) is 11.3. The number of nitrogens with one attached hydrogen (secondary N) is 1. The maximum Gasteiger partial charge on any atom is 0.356 e. The van der Waals surface area contributed by atoms with Gasteiger partial charge in [0, 0.05) is 31.4 Å². The molecular formula is C14H15ClN4O2. The Hall–Kier alpha value is -2.08. The molecule has 0 amide bonds. The average molecular weight is 307 g/mol. The maximum absolute atomic E-state index is 11.1. The third kappa shape index (κ3) is 2.85. The quantitative estimate of drug-likeness (QED) is 0.910. The number of aromatic carboxylic acids is 1. The summed E-state index contributed by atoms with van der Waals surface area (Å²) >= 11 is 5.85. The third-order valence-electron chi connectivity index (χ3n) is 3.76. The molecule has 3 rings (SSSR count). The fraction of sp³-hybridized carbons (Fsp3) is 0.357. The smallest absolute Gasteiger partial charge is 0.356 e. The number of piperidine rings is 1. The predicted octanol–water partition coefficient (Wildman–Crippen LogP) is 2.54. The van der Waals surface area contributed by atoms with Gasteiger partial charge in [0.25, 0.3) is 0 Å². The Labute approximate surface area is 126 Å². The molecular weight excluding hydrogens is 292 g/mol. The van der Waals surface area contributed by atoms with Crippen LogP contribution in [0.25, 0.3) is 0 Å². The SMILES string of the molecule is O=C(O)c1nc(N2CCC(c3ncc[nH]3)CC2)ccc1Cl. The highest BCUT2D eigenvalue weighted by atomic mass is 35.5. The number of carboxylic acids is 1. The molecule has 0 unspecified atom stereocenters. The van der Waals surface area contributed by atoms with Gasteiger partial charge >= 0.3 is 5.97 Å². The monoisotopic (exact) mass is 306 g/mol. The van der Waals surface area contributed by atoms with Crippen molar-refractivity contribution in [3.05, 3.63) is 41.1 Å². The average Bonchev–Trinajstić information content (AvgIpc) is 3.02. The first kappa shape index (κ1) is 13.9. The summed E-state index contributed by atoms with van der Waals surface area (Å²) in [4.78, 5) is 24.8. The van der Waals surface area contributed by atoms with Gasteiger partial charge in [-0.15, -0.1) is 0 Å². The van der Waals surface area contributed by atoms with E-state index in [1.165, 1.54) is 0 Å². The fourth-order valence-electron chi connectivity index (χ4n) is 2.64. The summed E-state index contributed by atoms with van der Waals surface area (Å²) < 4.78 is 0. The van der Waals surface area contributed by atoms with Gasteiger partial charge in [-0.3, -0.25) is 0 Å². The second-order valence-electron chi connectivity index (χ2n) is 5.04. The third-order valence-corrected chi connectivity index (χ3v) is 4.06. The van der Waals surface area contributed by atoms with Crippen LogP contribution in [0, 0.1) is 0 Å². The van der Waals surface area contributed by atoms with Crippen LogP contribution in [0.5, 0.6) is 0 Å². The minimum Gasteiger partial charge on any atom is -0.476 e. The standard InChI is InChI=1S/C14H15ClN4O2/c15-10-1-2-11(18-12(10)14(20)21)19-7-3-9(4-8-19)13-16-5-6-17-13/h1-2,5-6,9H,3-4,7-8H2,(H,16,17)(H,20,21). The molecule has 7 heteroatoms. The first-order chi connectivity index (χ1) is 10.1. The number of anilines is 1. The van der Waals surface area contributed by atoms with Crippen molar-refractivity contribution in [3.63, 3.8) is 0 Å². The highest BCUT2D eigenvalue weighted by Crippen LogP contribution is 2.28. The van der Waals surface area contributed by atoms with E-state index in [-0.39, 0.29) is 10.7 Å². The summed E-state index contributed by atoms with van der Waals surface area (Å²) in [5, 5.41) is 9.24. The molecule has 3 heterocycles. The first-order valence-corrected chi connectivity index (χ1v) is 7.17. The number of H-pyrrole nitrogens is 1. The maximum atomic E-state index is 11.1. The molecule has 1 saturated heterocycles. The van der Waals surface area contributed by atoms with Crippen LogP contribution in [0.1, 0.15) is 35.1 Å². The molecule has 0 atom stereocenters. The van der Waals surface area contributed by atoms with Gasteiger partial charge in [0.05, 0.1) is 5.02 Å². The minimum absolute atomic E-state index is 0.0951. The summed E-state index contributed by atoms with van der Waals surface area (Å²) in [5.41, 5.74) is -0.0951. The van der Waals surface area contributed by atoms with Crippen molar-refractivity contribution >= 4 is 23.4 Å². The number of aromatic amines is 1. The number of hydrogen-bond acceptors (Lipinski definition) is 4. The van der Waals surface area contributed by atoms with Gasteiger partial charge in [0.1, 0.15) is 11.6 Å². The van der Waals surface area contributed by atoms with E-state index < -0.39 is 5.97 Å². The molecule has 1 aliphatic rings. The van der Waals surface area contributed by atoms with Crippen LogP contribution in [0.15, 0.2) is 24.5 Å². The van der Waals surface area contributed by atoms with Crippen LogP contribution in [0.2, 0.25) is 5.02 Å². The topological polar surface area (TPSA) is 82.1 Å². The number of aromatic nitrogens is 3. The van der Waals surface area contributed by atoms with Crippen LogP contribution in [-0.4, -0.2) is 39.1 Å². The van der Waals surface area contributed by atoms with Crippen LogP contribution in [-0.2, 0) is 0 Å². The first-order valence-electron chi connectivity index (χ1n) is 6.79. The highest BCUT2D eigenvalue weighted by Gasteiger charge is 2.24. The van der Waals surface area contributed by atoms with E-state index in [0.717, 1.165) is 31.8 Å². The molecule has 0 radical (unpaired) electrons. The van der Waals surface area contributed by atoms with Crippen molar-refractivity contribution in [2.75, 3.05) is 18.0 Å². The van der Waals surface area contributed by atoms with Gasteiger partial charge in [-0.1, -0.05) is 11.6 Å².